The highest BCUT2D eigenvalue weighted by Crippen LogP contribution is 2.24. The van der Waals surface area contributed by atoms with Crippen molar-refractivity contribution in [1.82, 2.24) is 4.98 Å². The molecule has 2 rings (SSSR count). The monoisotopic (exact) mass is 234 g/mol. The number of aromatic nitrogens is 1. The van der Waals surface area contributed by atoms with Crippen molar-refractivity contribution in [1.29, 1.82) is 0 Å². The molecule has 0 unspecified atom stereocenters. The Bertz CT molecular complexity index is 418. The zero-order chi connectivity index (χ0) is 12.3. The second-order valence-corrected chi connectivity index (χ2v) is 4.56. The molecule has 1 aromatic rings. The number of aryl methyl sites for hydroxylation is 2. The Morgan fingerprint density at radius 1 is 1.53 bits per heavy atom. The van der Waals surface area contributed by atoms with Crippen molar-refractivity contribution in [3.8, 4) is 0 Å². The van der Waals surface area contributed by atoms with Gasteiger partial charge in [0.05, 0.1) is 0 Å². The lowest BCUT2D eigenvalue weighted by atomic mass is 10.0. The number of pyridine rings is 1. The van der Waals surface area contributed by atoms with E-state index in [4.69, 9.17) is 5.11 Å². The van der Waals surface area contributed by atoms with Crippen molar-refractivity contribution in [2.24, 2.45) is 0 Å². The van der Waals surface area contributed by atoms with E-state index in [0.717, 1.165) is 30.9 Å². The summed E-state index contributed by atoms with van der Waals surface area (Å²) in [5.41, 5.74) is 2.31. The van der Waals surface area contributed by atoms with Gasteiger partial charge in [-0.05, 0) is 37.3 Å². The highest BCUT2D eigenvalue weighted by molar-refractivity contribution is 5.66. The van der Waals surface area contributed by atoms with Crippen LogP contribution in [0.4, 0.5) is 5.82 Å². The molecular formula is C13H18N2O2. The molecule has 1 aromatic heterocycles. The Morgan fingerprint density at radius 2 is 2.35 bits per heavy atom. The zero-order valence-corrected chi connectivity index (χ0v) is 10.1. The van der Waals surface area contributed by atoms with Gasteiger partial charge in [-0.1, -0.05) is 6.07 Å². The number of carboxylic acid groups (broad SMARTS) is 1. The summed E-state index contributed by atoms with van der Waals surface area (Å²) in [6.45, 7) is 1.05. The minimum Gasteiger partial charge on any atom is -0.481 e. The van der Waals surface area contributed by atoms with Gasteiger partial charge in [-0.2, -0.15) is 0 Å². The molecule has 0 bridgehead atoms. The first-order chi connectivity index (χ1) is 8.16. The summed E-state index contributed by atoms with van der Waals surface area (Å²) in [4.78, 5) is 17.2. The number of carboxylic acids is 1. The molecule has 0 fully saturated rings. The van der Waals surface area contributed by atoms with Crippen molar-refractivity contribution in [2.45, 2.75) is 32.1 Å². The largest absolute Gasteiger partial charge is 0.481 e. The maximum atomic E-state index is 10.4. The van der Waals surface area contributed by atoms with Gasteiger partial charge in [0.25, 0.3) is 0 Å². The molecule has 0 aromatic carbocycles. The van der Waals surface area contributed by atoms with Crippen molar-refractivity contribution in [3.05, 3.63) is 23.4 Å². The molecule has 1 aliphatic heterocycles. The molecule has 1 aliphatic rings. The minimum absolute atomic E-state index is 0.217. The summed E-state index contributed by atoms with van der Waals surface area (Å²) in [6, 6.07) is 4.16. The van der Waals surface area contributed by atoms with Gasteiger partial charge in [-0.3, -0.25) is 4.79 Å². The zero-order valence-electron chi connectivity index (χ0n) is 10.1. The summed E-state index contributed by atoms with van der Waals surface area (Å²) >= 11 is 0. The van der Waals surface area contributed by atoms with E-state index in [9.17, 15) is 4.79 Å². The Kier molecular flexibility index (Phi) is 3.61. The van der Waals surface area contributed by atoms with Crippen molar-refractivity contribution in [2.75, 3.05) is 18.5 Å². The van der Waals surface area contributed by atoms with Gasteiger partial charge in [-0.15, -0.1) is 0 Å². The van der Waals surface area contributed by atoms with Gasteiger partial charge in [0, 0.05) is 25.7 Å². The van der Waals surface area contributed by atoms with Gasteiger partial charge in [0.1, 0.15) is 5.82 Å². The van der Waals surface area contributed by atoms with E-state index in [-0.39, 0.29) is 6.42 Å². The van der Waals surface area contributed by atoms with E-state index in [1.165, 1.54) is 12.0 Å². The van der Waals surface area contributed by atoms with Crippen LogP contribution < -0.4 is 4.90 Å². The number of hydrogen-bond donors (Lipinski definition) is 1. The standard InChI is InChI=1S/C13H18N2O2/c1-15-9-3-4-10-7-8-11(14-13(10)15)5-2-6-12(16)17/h7-8H,2-6,9H2,1H3,(H,16,17). The van der Waals surface area contributed by atoms with Crippen LogP contribution in [0.1, 0.15) is 30.5 Å². The highest BCUT2D eigenvalue weighted by Gasteiger charge is 2.15. The van der Waals surface area contributed by atoms with E-state index in [0.29, 0.717) is 6.42 Å². The molecule has 17 heavy (non-hydrogen) atoms. The van der Waals surface area contributed by atoms with E-state index < -0.39 is 5.97 Å². The number of hydrogen-bond acceptors (Lipinski definition) is 3. The molecule has 0 atom stereocenters. The van der Waals surface area contributed by atoms with Crippen LogP contribution >= 0.6 is 0 Å². The van der Waals surface area contributed by atoms with Crippen LogP contribution in [0.25, 0.3) is 0 Å². The molecule has 4 nitrogen and oxygen atoms in total. The summed E-state index contributed by atoms with van der Waals surface area (Å²) in [5, 5.41) is 8.60. The summed E-state index contributed by atoms with van der Waals surface area (Å²) in [5.74, 6) is 0.337. The third-order valence-electron chi connectivity index (χ3n) is 3.14. The van der Waals surface area contributed by atoms with Gasteiger partial charge < -0.3 is 10.0 Å². The molecule has 0 aliphatic carbocycles. The average molecular weight is 234 g/mol. The molecule has 1 N–H and O–H groups in total. The lowest BCUT2D eigenvalue weighted by Crippen LogP contribution is -2.26. The van der Waals surface area contributed by atoms with Crippen molar-refractivity contribution < 1.29 is 9.90 Å². The van der Waals surface area contributed by atoms with Gasteiger partial charge in [0.15, 0.2) is 0 Å². The SMILES string of the molecule is CN1CCCc2ccc(CCCC(=O)O)nc21. The highest BCUT2D eigenvalue weighted by atomic mass is 16.4. The molecular weight excluding hydrogens is 216 g/mol. The second kappa shape index (κ2) is 5.17. The van der Waals surface area contributed by atoms with Crippen LogP contribution in [0.3, 0.4) is 0 Å². The topological polar surface area (TPSA) is 53.4 Å². The van der Waals surface area contributed by atoms with Crippen LogP contribution in [0.2, 0.25) is 0 Å². The predicted molar refractivity (Wildman–Crippen MR) is 66.4 cm³/mol. The van der Waals surface area contributed by atoms with Crippen LogP contribution in [0, 0.1) is 0 Å². The fraction of sp³-hybridized carbons (Fsp3) is 0.538. The van der Waals surface area contributed by atoms with Crippen LogP contribution in [0.15, 0.2) is 12.1 Å². The van der Waals surface area contributed by atoms with Gasteiger partial charge in [-0.25, -0.2) is 4.98 Å². The van der Waals surface area contributed by atoms with Crippen molar-refractivity contribution in [3.63, 3.8) is 0 Å². The molecule has 0 saturated heterocycles. The minimum atomic E-state index is -0.736. The Balaban J connectivity index is 2.04. The molecule has 0 spiro atoms. The quantitative estimate of drug-likeness (QED) is 0.864. The maximum absolute atomic E-state index is 10.4. The molecule has 2 heterocycles. The van der Waals surface area contributed by atoms with E-state index in [2.05, 4.69) is 23.0 Å². The van der Waals surface area contributed by atoms with Crippen LogP contribution in [0.5, 0.6) is 0 Å². The molecule has 0 saturated carbocycles. The van der Waals surface area contributed by atoms with E-state index in [1.54, 1.807) is 0 Å². The predicted octanol–water partition coefficient (Wildman–Crippen LogP) is 1.87. The molecule has 0 radical (unpaired) electrons. The average Bonchev–Trinajstić information content (AvgIpc) is 2.30. The molecule has 4 heteroatoms. The second-order valence-electron chi connectivity index (χ2n) is 4.56. The summed E-state index contributed by atoms with van der Waals surface area (Å²) in [7, 11) is 2.06. The fourth-order valence-electron chi connectivity index (χ4n) is 2.21. The lowest BCUT2D eigenvalue weighted by molar-refractivity contribution is -0.137. The summed E-state index contributed by atoms with van der Waals surface area (Å²) in [6.07, 6.45) is 3.90. The fourth-order valence-corrected chi connectivity index (χ4v) is 2.21. The lowest BCUT2D eigenvalue weighted by Gasteiger charge is -2.26. The Morgan fingerprint density at radius 3 is 3.12 bits per heavy atom. The Hall–Kier alpha value is -1.58. The number of rotatable bonds is 4. The first kappa shape index (κ1) is 11.9. The van der Waals surface area contributed by atoms with Crippen LogP contribution in [-0.4, -0.2) is 29.7 Å². The first-order valence-corrected chi connectivity index (χ1v) is 6.08. The third kappa shape index (κ3) is 2.96. The third-order valence-corrected chi connectivity index (χ3v) is 3.14. The maximum Gasteiger partial charge on any atom is 0.303 e. The van der Waals surface area contributed by atoms with Crippen molar-refractivity contribution >= 4 is 11.8 Å². The number of nitrogens with zero attached hydrogens (tertiary/aromatic N) is 2. The normalized spacial score (nSPS) is 14.5. The number of carbonyl (C=O) groups is 1. The Labute approximate surface area is 101 Å². The van der Waals surface area contributed by atoms with Crippen LogP contribution in [-0.2, 0) is 17.6 Å². The van der Waals surface area contributed by atoms with Gasteiger partial charge >= 0.3 is 5.97 Å². The summed E-state index contributed by atoms with van der Waals surface area (Å²) < 4.78 is 0. The molecule has 0 amide bonds. The number of aliphatic carboxylic acids is 1. The first-order valence-electron chi connectivity index (χ1n) is 6.08. The number of anilines is 1. The van der Waals surface area contributed by atoms with Gasteiger partial charge in [0.2, 0.25) is 0 Å². The number of fused-ring (bicyclic) bond motifs is 1. The van der Waals surface area contributed by atoms with E-state index in [1.807, 2.05) is 6.07 Å². The molecule has 92 valence electrons. The van der Waals surface area contributed by atoms with E-state index >= 15 is 0 Å². The smallest absolute Gasteiger partial charge is 0.303 e.